The zero-order chi connectivity index (χ0) is 13.2. The Kier molecular flexibility index (Phi) is 3.77. The summed E-state index contributed by atoms with van der Waals surface area (Å²) in [5.41, 5.74) is 6.71. The number of hydrogen-bond acceptors (Lipinski definition) is 4. The van der Waals surface area contributed by atoms with Crippen LogP contribution in [0, 0.1) is 20.8 Å². The minimum Gasteiger partial charge on any atom is -0.466 e. The summed E-state index contributed by atoms with van der Waals surface area (Å²) >= 11 is 0. The monoisotopic (exact) mass is 239 g/mol. The van der Waals surface area contributed by atoms with Gasteiger partial charge < -0.3 is 20.3 Å². The summed E-state index contributed by atoms with van der Waals surface area (Å²) < 4.78 is 5.39. The van der Waals surface area contributed by atoms with Gasteiger partial charge in [-0.2, -0.15) is 0 Å². The Bertz CT molecular complexity index is 463. The number of carbonyl (C=O) groups excluding carboxylic acids is 1. The SMILES string of the molecule is Cc1oc(C)c(C(=O)N(C)C/C(N)=N/O)c1C. The molecule has 0 atom stereocenters. The summed E-state index contributed by atoms with van der Waals surface area (Å²) in [4.78, 5) is 13.5. The summed E-state index contributed by atoms with van der Waals surface area (Å²) in [5, 5.41) is 11.3. The fourth-order valence-electron chi connectivity index (χ4n) is 1.65. The summed E-state index contributed by atoms with van der Waals surface area (Å²) in [6.07, 6.45) is 0. The van der Waals surface area contributed by atoms with Crippen LogP contribution in [0.25, 0.3) is 0 Å². The van der Waals surface area contributed by atoms with Crippen LogP contribution in [0.1, 0.15) is 27.4 Å². The van der Waals surface area contributed by atoms with E-state index in [4.69, 9.17) is 15.4 Å². The van der Waals surface area contributed by atoms with E-state index >= 15 is 0 Å². The summed E-state index contributed by atoms with van der Waals surface area (Å²) in [6.45, 7) is 5.45. The number of amidine groups is 1. The van der Waals surface area contributed by atoms with E-state index in [1.807, 2.05) is 13.8 Å². The Hall–Kier alpha value is -1.98. The largest absolute Gasteiger partial charge is 0.466 e. The highest BCUT2D eigenvalue weighted by Gasteiger charge is 2.22. The number of aryl methyl sites for hydroxylation is 2. The third kappa shape index (κ3) is 2.58. The minimum atomic E-state index is -0.205. The number of oxime groups is 1. The number of nitrogens with zero attached hydrogens (tertiary/aromatic N) is 2. The van der Waals surface area contributed by atoms with E-state index in [0.717, 1.165) is 11.3 Å². The van der Waals surface area contributed by atoms with Gasteiger partial charge in [0.2, 0.25) is 0 Å². The van der Waals surface area contributed by atoms with E-state index in [1.54, 1.807) is 14.0 Å². The zero-order valence-corrected chi connectivity index (χ0v) is 10.4. The van der Waals surface area contributed by atoms with Gasteiger partial charge in [0.15, 0.2) is 5.84 Å². The number of nitrogens with two attached hydrogens (primary N) is 1. The number of carbonyl (C=O) groups is 1. The predicted molar refractivity (Wildman–Crippen MR) is 63.3 cm³/mol. The Morgan fingerprint density at radius 1 is 1.41 bits per heavy atom. The fourth-order valence-corrected chi connectivity index (χ4v) is 1.65. The van der Waals surface area contributed by atoms with Crippen LogP contribution in [0.15, 0.2) is 9.57 Å². The van der Waals surface area contributed by atoms with E-state index in [1.165, 1.54) is 4.90 Å². The van der Waals surface area contributed by atoms with E-state index < -0.39 is 0 Å². The smallest absolute Gasteiger partial charge is 0.257 e. The highest BCUT2D eigenvalue weighted by molar-refractivity contribution is 5.98. The van der Waals surface area contributed by atoms with Crippen molar-refractivity contribution in [1.82, 2.24) is 4.90 Å². The minimum absolute atomic E-state index is 0.0172. The van der Waals surface area contributed by atoms with Gasteiger partial charge in [0.1, 0.15) is 11.5 Å². The standard InChI is InChI=1S/C11H17N3O3/c1-6-7(2)17-8(3)10(6)11(15)14(4)5-9(12)13-16/h16H,5H2,1-4H3,(H2,12,13). The first-order chi connectivity index (χ1) is 7.88. The molecule has 0 spiro atoms. The summed E-state index contributed by atoms with van der Waals surface area (Å²) in [5.74, 6) is 1.08. The van der Waals surface area contributed by atoms with Crippen LogP contribution < -0.4 is 5.73 Å². The molecule has 0 unspecified atom stereocenters. The van der Waals surface area contributed by atoms with Gasteiger partial charge in [0.25, 0.3) is 5.91 Å². The molecule has 0 aromatic carbocycles. The molecule has 94 valence electrons. The van der Waals surface area contributed by atoms with Crippen molar-refractivity contribution in [3.05, 3.63) is 22.6 Å². The third-order valence-electron chi connectivity index (χ3n) is 2.65. The van der Waals surface area contributed by atoms with E-state index in [0.29, 0.717) is 11.3 Å². The molecule has 0 saturated heterocycles. The van der Waals surface area contributed by atoms with Gasteiger partial charge in [-0.15, -0.1) is 0 Å². The molecule has 0 fully saturated rings. The van der Waals surface area contributed by atoms with Crippen LogP contribution in [-0.4, -0.2) is 35.4 Å². The first kappa shape index (κ1) is 13.1. The molecule has 0 aliphatic carbocycles. The number of likely N-dealkylation sites (N-methyl/N-ethyl adjacent to an activating group) is 1. The van der Waals surface area contributed by atoms with Gasteiger partial charge in [-0.05, 0) is 20.8 Å². The molecule has 1 aromatic rings. The Morgan fingerprint density at radius 2 is 2.00 bits per heavy atom. The van der Waals surface area contributed by atoms with Crippen LogP contribution in [0.5, 0.6) is 0 Å². The first-order valence-corrected chi connectivity index (χ1v) is 5.17. The molecule has 6 nitrogen and oxygen atoms in total. The van der Waals surface area contributed by atoms with Crippen molar-refractivity contribution in [2.75, 3.05) is 13.6 Å². The fraction of sp³-hybridized carbons (Fsp3) is 0.455. The molecule has 1 aromatic heterocycles. The lowest BCUT2D eigenvalue weighted by molar-refractivity contribution is 0.0811. The van der Waals surface area contributed by atoms with Crippen LogP contribution in [0.2, 0.25) is 0 Å². The maximum absolute atomic E-state index is 12.1. The van der Waals surface area contributed by atoms with Crippen LogP contribution in [0.4, 0.5) is 0 Å². The second kappa shape index (κ2) is 4.90. The quantitative estimate of drug-likeness (QED) is 0.356. The molecule has 1 amide bonds. The topological polar surface area (TPSA) is 92.1 Å². The molecule has 6 heteroatoms. The molecule has 17 heavy (non-hydrogen) atoms. The highest BCUT2D eigenvalue weighted by Crippen LogP contribution is 2.21. The van der Waals surface area contributed by atoms with Gasteiger partial charge in [-0.1, -0.05) is 5.16 Å². The van der Waals surface area contributed by atoms with Gasteiger partial charge in [-0.3, -0.25) is 4.79 Å². The number of amides is 1. The second-order valence-corrected chi connectivity index (χ2v) is 3.97. The van der Waals surface area contributed by atoms with Crippen molar-refractivity contribution in [1.29, 1.82) is 0 Å². The average Bonchev–Trinajstić information content (AvgIpc) is 2.52. The Balaban J connectivity index is 2.97. The third-order valence-corrected chi connectivity index (χ3v) is 2.65. The average molecular weight is 239 g/mol. The Morgan fingerprint density at radius 3 is 2.41 bits per heavy atom. The van der Waals surface area contributed by atoms with Crippen LogP contribution in [-0.2, 0) is 0 Å². The lowest BCUT2D eigenvalue weighted by Gasteiger charge is -2.16. The number of furan rings is 1. The van der Waals surface area contributed by atoms with Crippen molar-refractivity contribution < 1.29 is 14.4 Å². The molecular formula is C11H17N3O3. The lowest BCUT2D eigenvalue weighted by Crippen LogP contribution is -2.36. The predicted octanol–water partition coefficient (Wildman–Crippen LogP) is 1.02. The molecular weight excluding hydrogens is 222 g/mol. The molecule has 0 bridgehead atoms. The van der Waals surface area contributed by atoms with Crippen molar-refractivity contribution in [2.24, 2.45) is 10.9 Å². The zero-order valence-electron chi connectivity index (χ0n) is 10.4. The van der Waals surface area contributed by atoms with Gasteiger partial charge in [0, 0.05) is 12.6 Å². The van der Waals surface area contributed by atoms with E-state index in [-0.39, 0.29) is 18.3 Å². The Labute approximate surface area is 99.7 Å². The molecule has 1 rings (SSSR count). The highest BCUT2D eigenvalue weighted by atomic mass is 16.4. The molecule has 0 aliphatic heterocycles. The molecule has 3 N–H and O–H groups in total. The summed E-state index contributed by atoms with van der Waals surface area (Å²) in [7, 11) is 1.58. The number of hydrogen-bond donors (Lipinski definition) is 2. The first-order valence-electron chi connectivity index (χ1n) is 5.17. The normalized spacial score (nSPS) is 11.6. The van der Waals surface area contributed by atoms with Crippen LogP contribution >= 0.6 is 0 Å². The van der Waals surface area contributed by atoms with E-state index in [9.17, 15) is 4.79 Å². The van der Waals surface area contributed by atoms with E-state index in [2.05, 4.69) is 5.16 Å². The molecule has 0 aliphatic rings. The second-order valence-electron chi connectivity index (χ2n) is 3.97. The van der Waals surface area contributed by atoms with Crippen molar-refractivity contribution in [3.63, 3.8) is 0 Å². The maximum Gasteiger partial charge on any atom is 0.257 e. The number of rotatable bonds is 3. The maximum atomic E-state index is 12.1. The molecule has 0 radical (unpaired) electrons. The molecule has 0 saturated carbocycles. The van der Waals surface area contributed by atoms with Gasteiger partial charge in [-0.25, -0.2) is 0 Å². The van der Waals surface area contributed by atoms with Crippen molar-refractivity contribution in [3.8, 4) is 0 Å². The van der Waals surface area contributed by atoms with Gasteiger partial charge in [0.05, 0.1) is 12.1 Å². The summed E-state index contributed by atoms with van der Waals surface area (Å²) in [6, 6.07) is 0. The lowest BCUT2D eigenvalue weighted by atomic mass is 10.1. The van der Waals surface area contributed by atoms with Crippen molar-refractivity contribution in [2.45, 2.75) is 20.8 Å². The van der Waals surface area contributed by atoms with Crippen molar-refractivity contribution >= 4 is 11.7 Å². The molecule has 1 heterocycles. The van der Waals surface area contributed by atoms with Crippen LogP contribution in [0.3, 0.4) is 0 Å². The van der Waals surface area contributed by atoms with Gasteiger partial charge >= 0.3 is 0 Å².